The summed E-state index contributed by atoms with van der Waals surface area (Å²) in [6, 6.07) is 0. The monoisotopic (exact) mass is 566 g/mol. The number of rotatable bonds is 6. The van der Waals surface area contributed by atoms with Gasteiger partial charge in [-0.3, -0.25) is 0 Å². The molecule has 0 aromatic heterocycles. The number of hydrogen-bond acceptors (Lipinski definition) is 0. The quantitative estimate of drug-likeness (QED) is 0.130. The molecule has 0 nitrogen and oxygen atoms in total. The van der Waals surface area contributed by atoms with Gasteiger partial charge in [0.2, 0.25) is 0 Å². The van der Waals surface area contributed by atoms with Gasteiger partial charge in [0.15, 0.2) is 0 Å². The SMILES string of the molecule is FC1C(I)CCC(C2CC=C(CCCC3CCC(C4C=CCCC4)C(F)[C@H]3F)CC2)C1F. The summed E-state index contributed by atoms with van der Waals surface area (Å²) in [5.41, 5.74) is 1.38. The lowest BCUT2D eigenvalue weighted by atomic mass is 9.70. The standard InChI is InChI=1S/C27H39F4I/c28-24-20(13-14-21(25(24)29)18-6-2-1-3-7-18)8-4-5-17-9-11-19(12-10-17)22-15-16-23(32)27(31)26(22)30/h2,6,9,18-27H,1,3-5,7-8,10-16H2/t18?,19?,20?,21?,22?,23?,24-,25?,26?,27?/m0/s1. The Morgan fingerprint density at radius 2 is 1.62 bits per heavy atom. The van der Waals surface area contributed by atoms with Gasteiger partial charge in [0.25, 0.3) is 0 Å². The molecule has 0 aliphatic heterocycles. The van der Waals surface area contributed by atoms with Gasteiger partial charge < -0.3 is 0 Å². The summed E-state index contributed by atoms with van der Waals surface area (Å²) in [4.78, 5) is 0. The Morgan fingerprint density at radius 3 is 2.34 bits per heavy atom. The number of allylic oxidation sites excluding steroid dienone is 4. The fourth-order valence-corrected chi connectivity index (χ4v) is 7.64. The van der Waals surface area contributed by atoms with Gasteiger partial charge in [0.1, 0.15) is 24.7 Å². The molecule has 5 heteroatoms. The Balaban J connectivity index is 1.20. The van der Waals surface area contributed by atoms with Crippen LogP contribution in [0.15, 0.2) is 23.8 Å². The Kier molecular flexibility index (Phi) is 9.05. The molecule has 0 N–H and O–H groups in total. The highest BCUT2D eigenvalue weighted by Gasteiger charge is 2.43. The van der Waals surface area contributed by atoms with Crippen LogP contribution in [0.5, 0.6) is 0 Å². The first-order valence-corrected chi connectivity index (χ1v) is 14.2. The van der Waals surface area contributed by atoms with Gasteiger partial charge in [0, 0.05) is 3.92 Å². The lowest BCUT2D eigenvalue weighted by Crippen LogP contribution is -2.42. The Morgan fingerprint density at radius 1 is 0.844 bits per heavy atom. The molecule has 182 valence electrons. The van der Waals surface area contributed by atoms with Gasteiger partial charge >= 0.3 is 0 Å². The minimum absolute atomic E-state index is 0.138. The molecule has 0 aromatic rings. The lowest BCUT2D eigenvalue weighted by molar-refractivity contribution is 0.00153. The van der Waals surface area contributed by atoms with Gasteiger partial charge in [-0.15, -0.1) is 0 Å². The predicted octanol–water partition coefficient (Wildman–Crippen LogP) is 8.83. The normalized spacial score (nSPS) is 45.5. The van der Waals surface area contributed by atoms with E-state index in [2.05, 4.69) is 40.8 Å². The Labute approximate surface area is 205 Å². The third kappa shape index (κ3) is 5.76. The van der Waals surface area contributed by atoms with Crippen LogP contribution in [0.3, 0.4) is 0 Å². The van der Waals surface area contributed by atoms with Gasteiger partial charge in [-0.05, 0) is 113 Å². The molecule has 0 amide bonds. The van der Waals surface area contributed by atoms with E-state index < -0.39 is 24.7 Å². The van der Waals surface area contributed by atoms with E-state index in [1.54, 1.807) is 0 Å². The first kappa shape index (κ1) is 25.0. The first-order chi connectivity index (χ1) is 15.5. The van der Waals surface area contributed by atoms with Crippen LogP contribution in [-0.2, 0) is 0 Å². The van der Waals surface area contributed by atoms with Crippen molar-refractivity contribution in [1.82, 2.24) is 0 Å². The zero-order valence-corrected chi connectivity index (χ0v) is 21.2. The molecule has 4 aliphatic carbocycles. The number of hydrogen-bond donors (Lipinski definition) is 0. The van der Waals surface area contributed by atoms with E-state index in [0.717, 1.165) is 83.5 Å². The fraction of sp³-hybridized carbons (Fsp3) is 0.852. The predicted molar refractivity (Wildman–Crippen MR) is 132 cm³/mol. The Bertz CT molecular complexity index is 664. The summed E-state index contributed by atoms with van der Waals surface area (Å²) < 4.78 is 58.2. The van der Waals surface area contributed by atoms with Crippen LogP contribution < -0.4 is 0 Å². The second-order valence-corrected chi connectivity index (χ2v) is 12.4. The first-order valence-electron chi connectivity index (χ1n) is 13.0. The van der Waals surface area contributed by atoms with Crippen molar-refractivity contribution in [3.05, 3.63) is 23.8 Å². The van der Waals surface area contributed by atoms with Crippen molar-refractivity contribution in [2.45, 2.75) is 112 Å². The van der Waals surface area contributed by atoms with Crippen molar-refractivity contribution in [3.63, 3.8) is 0 Å². The summed E-state index contributed by atoms with van der Waals surface area (Å²) in [5.74, 6) is 0.0467. The molecule has 0 aromatic carbocycles. The van der Waals surface area contributed by atoms with Crippen molar-refractivity contribution in [3.8, 4) is 0 Å². The average molecular weight is 567 g/mol. The molecule has 0 spiro atoms. The zero-order chi connectivity index (χ0) is 22.7. The maximum absolute atomic E-state index is 14.9. The van der Waals surface area contributed by atoms with Crippen LogP contribution in [0.25, 0.3) is 0 Å². The van der Waals surface area contributed by atoms with Crippen LogP contribution in [0, 0.1) is 29.6 Å². The minimum atomic E-state index is -1.32. The number of halogens is 5. The summed E-state index contributed by atoms with van der Waals surface area (Å²) in [5, 5.41) is 0. The number of alkyl halides is 5. The highest BCUT2D eigenvalue weighted by atomic mass is 127. The molecule has 2 saturated carbocycles. The van der Waals surface area contributed by atoms with Crippen molar-refractivity contribution >= 4 is 22.6 Å². The third-order valence-corrected chi connectivity index (χ3v) is 10.2. The maximum atomic E-state index is 14.9. The van der Waals surface area contributed by atoms with Crippen molar-refractivity contribution in [2.75, 3.05) is 0 Å². The third-order valence-electron chi connectivity index (χ3n) is 8.93. The van der Waals surface area contributed by atoms with E-state index in [-0.39, 0.29) is 33.5 Å². The van der Waals surface area contributed by atoms with Gasteiger partial charge in [-0.25, -0.2) is 17.6 Å². The lowest BCUT2D eigenvalue weighted by Gasteiger charge is -2.39. The maximum Gasteiger partial charge on any atom is 0.143 e. The van der Waals surface area contributed by atoms with Gasteiger partial charge in [0.05, 0.1) is 0 Å². The van der Waals surface area contributed by atoms with Gasteiger partial charge in [-0.2, -0.15) is 0 Å². The summed E-state index contributed by atoms with van der Waals surface area (Å²) >= 11 is 2.05. The second kappa shape index (κ2) is 11.6. The van der Waals surface area contributed by atoms with Crippen LogP contribution in [0.1, 0.15) is 83.5 Å². The molecule has 0 bridgehead atoms. The average Bonchev–Trinajstić information content (AvgIpc) is 2.82. The van der Waals surface area contributed by atoms with E-state index in [4.69, 9.17) is 0 Å². The molecule has 10 atom stereocenters. The van der Waals surface area contributed by atoms with Crippen molar-refractivity contribution in [2.24, 2.45) is 29.6 Å². The second-order valence-electron chi connectivity index (χ2n) is 10.8. The van der Waals surface area contributed by atoms with Crippen LogP contribution in [-0.4, -0.2) is 28.6 Å². The topological polar surface area (TPSA) is 0 Å². The molecule has 0 saturated heterocycles. The van der Waals surface area contributed by atoms with E-state index in [9.17, 15) is 17.6 Å². The largest absolute Gasteiger partial charge is 0.244 e. The molecule has 9 unspecified atom stereocenters. The molecule has 4 rings (SSSR count). The van der Waals surface area contributed by atoms with Crippen LogP contribution in [0.2, 0.25) is 0 Å². The zero-order valence-electron chi connectivity index (χ0n) is 19.1. The highest BCUT2D eigenvalue weighted by Crippen LogP contribution is 2.44. The molecular weight excluding hydrogens is 527 g/mol. The minimum Gasteiger partial charge on any atom is -0.244 e. The molecule has 32 heavy (non-hydrogen) atoms. The fourth-order valence-electron chi connectivity index (χ4n) is 6.89. The molecule has 0 heterocycles. The summed E-state index contributed by atoms with van der Waals surface area (Å²) in [6.45, 7) is 0. The van der Waals surface area contributed by atoms with Crippen molar-refractivity contribution < 1.29 is 17.6 Å². The van der Waals surface area contributed by atoms with Crippen LogP contribution >= 0.6 is 22.6 Å². The molecule has 4 aliphatic rings. The Hall–Kier alpha value is -0.0700. The molecule has 2 fully saturated rings. The summed E-state index contributed by atoms with van der Waals surface area (Å²) in [6.07, 6.45) is 12.9. The van der Waals surface area contributed by atoms with E-state index in [1.165, 1.54) is 5.57 Å². The van der Waals surface area contributed by atoms with E-state index in [0.29, 0.717) is 0 Å². The van der Waals surface area contributed by atoms with Crippen molar-refractivity contribution in [1.29, 1.82) is 0 Å². The summed E-state index contributed by atoms with van der Waals surface area (Å²) in [7, 11) is 0. The van der Waals surface area contributed by atoms with Crippen LogP contribution in [0.4, 0.5) is 17.6 Å². The van der Waals surface area contributed by atoms with E-state index in [1.807, 2.05) is 0 Å². The smallest absolute Gasteiger partial charge is 0.143 e. The van der Waals surface area contributed by atoms with E-state index >= 15 is 0 Å². The van der Waals surface area contributed by atoms with Gasteiger partial charge in [-0.1, -0.05) is 46.4 Å². The highest BCUT2D eigenvalue weighted by molar-refractivity contribution is 14.1. The molecule has 0 radical (unpaired) electrons. The molecular formula is C27H39F4I.